The van der Waals surface area contributed by atoms with E-state index >= 15 is 0 Å². The molecule has 2 N–H and O–H groups in total. The molecule has 9 nitrogen and oxygen atoms in total. The maximum Gasteiger partial charge on any atom is 0.291 e. The molecule has 168 valence electrons. The topological polar surface area (TPSA) is 108 Å². The molecule has 0 saturated heterocycles. The number of nitrogens with one attached hydrogen (secondary N) is 1. The van der Waals surface area contributed by atoms with Gasteiger partial charge in [0.15, 0.2) is 11.5 Å². The van der Waals surface area contributed by atoms with Crippen LogP contribution in [-0.2, 0) is 6.42 Å². The average molecular weight is 479 g/mol. The number of aromatic nitrogens is 3. The average Bonchev–Trinajstić information content (AvgIpc) is 3.42. The van der Waals surface area contributed by atoms with Crippen molar-refractivity contribution in [1.29, 1.82) is 0 Å². The standard InChI is InChI=1S/C21H20Cl2N4O5/c1-2-18-25-20(26-27(18)19-14(22)4-3-5-15(19)23)21(29)24-9-12(28)10-30-13-6-7-16-17(8-13)32-11-31-16/h3-8,12,28H,2,9-11H2,1H3,(H,24,29). The lowest BCUT2D eigenvalue weighted by Gasteiger charge is -2.13. The van der Waals surface area contributed by atoms with Crippen LogP contribution >= 0.6 is 23.2 Å². The molecule has 0 fully saturated rings. The van der Waals surface area contributed by atoms with E-state index in [1.165, 1.54) is 4.68 Å². The molecule has 0 saturated carbocycles. The Morgan fingerprint density at radius 2 is 2.00 bits per heavy atom. The van der Waals surface area contributed by atoms with Crippen LogP contribution in [0.15, 0.2) is 36.4 Å². The zero-order valence-corrected chi connectivity index (χ0v) is 18.6. The summed E-state index contributed by atoms with van der Waals surface area (Å²) in [7, 11) is 0. The highest BCUT2D eigenvalue weighted by molar-refractivity contribution is 6.37. The van der Waals surface area contributed by atoms with Gasteiger partial charge in [-0.3, -0.25) is 4.79 Å². The summed E-state index contributed by atoms with van der Waals surface area (Å²) in [6, 6.07) is 10.2. The maximum atomic E-state index is 12.5. The monoisotopic (exact) mass is 478 g/mol. The van der Waals surface area contributed by atoms with Crippen molar-refractivity contribution in [2.24, 2.45) is 0 Å². The van der Waals surface area contributed by atoms with Crippen LogP contribution in [0.1, 0.15) is 23.4 Å². The number of rotatable bonds is 8. The van der Waals surface area contributed by atoms with E-state index in [0.29, 0.717) is 45.2 Å². The van der Waals surface area contributed by atoms with Crippen LogP contribution in [-0.4, -0.2) is 51.8 Å². The van der Waals surface area contributed by atoms with E-state index in [2.05, 4.69) is 15.4 Å². The predicted octanol–water partition coefficient (Wildman–Crippen LogP) is 3.03. The van der Waals surface area contributed by atoms with Gasteiger partial charge >= 0.3 is 0 Å². The van der Waals surface area contributed by atoms with E-state index in [0.717, 1.165) is 0 Å². The second-order valence-corrected chi connectivity index (χ2v) is 7.69. The first-order valence-electron chi connectivity index (χ1n) is 9.85. The Bertz CT molecular complexity index is 1120. The fourth-order valence-corrected chi connectivity index (χ4v) is 3.60. The van der Waals surface area contributed by atoms with Gasteiger partial charge in [0.05, 0.1) is 10.0 Å². The van der Waals surface area contributed by atoms with Crippen molar-refractivity contribution in [3.05, 3.63) is 58.1 Å². The minimum absolute atomic E-state index is 0.0305. The number of halogens is 2. The number of aryl methyl sites for hydroxylation is 1. The molecule has 2 heterocycles. The van der Waals surface area contributed by atoms with Crippen LogP contribution in [0, 0.1) is 0 Å². The first-order valence-corrected chi connectivity index (χ1v) is 10.6. The molecule has 11 heteroatoms. The van der Waals surface area contributed by atoms with Gasteiger partial charge in [-0.05, 0) is 24.3 Å². The maximum absolute atomic E-state index is 12.5. The molecule has 0 aliphatic carbocycles. The van der Waals surface area contributed by atoms with Gasteiger partial charge in [0.1, 0.15) is 30.0 Å². The molecule has 1 atom stereocenters. The lowest BCUT2D eigenvalue weighted by molar-refractivity contribution is 0.0835. The third-order valence-electron chi connectivity index (χ3n) is 4.63. The first kappa shape index (κ1) is 22.2. The van der Waals surface area contributed by atoms with Crippen LogP contribution in [0.5, 0.6) is 17.2 Å². The highest BCUT2D eigenvalue weighted by Gasteiger charge is 2.20. The quantitative estimate of drug-likeness (QED) is 0.512. The molecule has 0 bridgehead atoms. The normalized spacial score (nSPS) is 13.1. The third-order valence-corrected chi connectivity index (χ3v) is 5.24. The molecule has 1 aliphatic heterocycles. The molecule has 1 unspecified atom stereocenters. The summed E-state index contributed by atoms with van der Waals surface area (Å²) < 4.78 is 17.5. The molecule has 3 aromatic rings. The van der Waals surface area contributed by atoms with Gasteiger partial charge < -0.3 is 24.6 Å². The van der Waals surface area contributed by atoms with E-state index in [1.54, 1.807) is 36.4 Å². The number of aliphatic hydroxyl groups is 1. The van der Waals surface area contributed by atoms with Gasteiger partial charge in [0, 0.05) is 19.0 Å². The lowest BCUT2D eigenvalue weighted by atomic mass is 10.3. The lowest BCUT2D eigenvalue weighted by Crippen LogP contribution is -2.35. The smallest absolute Gasteiger partial charge is 0.291 e. The SMILES string of the molecule is CCc1nc(C(=O)NCC(O)COc2ccc3c(c2)OCO3)nn1-c1c(Cl)cccc1Cl. The third kappa shape index (κ3) is 4.74. The fourth-order valence-electron chi connectivity index (χ4n) is 3.05. The Labute approximate surface area is 193 Å². The van der Waals surface area contributed by atoms with Crippen molar-refractivity contribution < 1.29 is 24.1 Å². The molecule has 4 rings (SSSR count). The Kier molecular flexibility index (Phi) is 6.69. The number of aliphatic hydroxyl groups excluding tert-OH is 1. The Morgan fingerprint density at radius 1 is 1.25 bits per heavy atom. The van der Waals surface area contributed by atoms with E-state index in [4.69, 9.17) is 37.4 Å². The number of hydrogen-bond acceptors (Lipinski definition) is 7. The molecule has 1 aliphatic rings. The van der Waals surface area contributed by atoms with E-state index in [-0.39, 0.29) is 25.8 Å². The highest BCUT2D eigenvalue weighted by Crippen LogP contribution is 2.35. The number of benzene rings is 2. The second-order valence-electron chi connectivity index (χ2n) is 6.88. The van der Waals surface area contributed by atoms with Crippen LogP contribution in [0.3, 0.4) is 0 Å². The van der Waals surface area contributed by atoms with Crippen molar-refractivity contribution in [3.8, 4) is 22.9 Å². The van der Waals surface area contributed by atoms with Crippen LogP contribution in [0.4, 0.5) is 0 Å². The van der Waals surface area contributed by atoms with Crippen LogP contribution < -0.4 is 19.5 Å². The Balaban J connectivity index is 1.36. The predicted molar refractivity (Wildman–Crippen MR) is 117 cm³/mol. The van der Waals surface area contributed by atoms with Crippen molar-refractivity contribution in [1.82, 2.24) is 20.1 Å². The summed E-state index contributed by atoms with van der Waals surface area (Å²) in [5.41, 5.74) is 0.455. The number of hydrogen-bond donors (Lipinski definition) is 2. The summed E-state index contributed by atoms with van der Waals surface area (Å²) in [6.07, 6.45) is -0.441. The number of carbonyl (C=O) groups excluding carboxylic acids is 1. The summed E-state index contributed by atoms with van der Waals surface area (Å²) in [5.74, 6) is 1.67. The van der Waals surface area contributed by atoms with E-state index < -0.39 is 12.0 Å². The number of carbonyl (C=O) groups is 1. The molecule has 32 heavy (non-hydrogen) atoms. The molecule has 0 spiro atoms. The first-order chi connectivity index (χ1) is 15.5. The van der Waals surface area contributed by atoms with Gasteiger partial charge in [0.2, 0.25) is 12.6 Å². The van der Waals surface area contributed by atoms with Gasteiger partial charge in [-0.25, -0.2) is 9.67 Å². The molecular weight excluding hydrogens is 459 g/mol. The van der Waals surface area contributed by atoms with E-state index in [1.807, 2.05) is 6.92 Å². The van der Waals surface area contributed by atoms with Crippen molar-refractivity contribution in [2.75, 3.05) is 19.9 Å². The summed E-state index contributed by atoms with van der Waals surface area (Å²) in [6.45, 7) is 1.97. The van der Waals surface area contributed by atoms with Crippen molar-refractivity contribution >= 4 is 29.1 Å². The van der Waals surface area contributed by atoms with Gasteiger partial charge in [-0.15, -0.1) is 5.10 Å². The van der Waals surface area contributed by atoms with Crippen molar-refractivity contribution in [2.45, 2.75) is 19.4 Å². The zero-order valence-electron chi connectivity index (χ0n) is 17.0. The fraction of sp³-hybridized carbons (Fsp3) is 0.286. The molecular formula is C21H20Cl2N4O5. The zero-order chi connectivity index (χ0) is 22.7. The Morgan fingerprint density at radius 3 is 2.75 bits per heavy atom. The van der Waals surface area contributed by atoms with Crippen LogP contribution in [0.25, 0.3) is 5.69 Å². The minimum Gasteiger partial charge on any atom is -0.491 e. The summed E-state index contributed by atoms with van der Waals surface area (Å²) in [4.78, 5) is 16.8. The summed E-state index contributed by atoms with van der Waals surface area (Å²) in [5, 5.41) is 17.8. The highest BCUT2D eigenvalue weighted by atomic mass is 35.5. The molecule has 1 amide bonds. The Hall–Kier alpha value is -3.01. The van der Waals surface area contributed by atoms with E-state index in [9.17, 15) is 9.90 Å². The largest absolute Gasteiger partial charge is 0.491 e. The van der Waals surface area contributed by atoms with Crippen molar-refractivity contribution in [3.63, 3.8) is 0 Å². The molecule has 2 aromatic carbocycles. The number of para-hydroxylation sites is 1. The number of nitrogens with zero attached hydrogens (tertiary/aromatic N) is 3. The van der Waals surface area contributed by atoms with Gasteiger partial charge in [-0.1, -0.05) is 36.2 Å². The molecule has 1 aromatic heterocycles. The summed E-state index contributed by atoms with van der Waals surface area (Å²) >= 11 is 12.5. The van der Waals surface area contributed by atoms with Gasteiger partial charge in [0.25, 0.3) is 5.91 Å². The van der Waals surface area contributed by atoms with Crippen LogP contribution in [0.2, 0.25) is 10.0 Å². The second kappa shape index (κ2) is 9.64. The number of fused-ring (bicyclic) bond motifs is 1. The molecule has 0 radical (unpaired) electrons. The number of amides is 1. The number of ether oxygens (including phenoxy) is 3. The minimum atomic E-state index is -0.949. The van der Waals surface area contributed by atoms with Gasteiger partial charge in [-0.2, -0.15) is 0 Å².